The van der Waals surface area contributed by atoms with E-state index in [0.717, 1.165) is 36.9 Å². The first-order valence-corrected chi connectivity index (χ1v) is 12.7. The van der Waals surface area contributed by atoms with Crippen molar-refractivity contribution < 1.29 is 12.8 Å². The van der Waals surface area contributed by atoms with Gasteiger partial charge in [-0.15, -0.1) is 0 Å². The molecule has 1 unspecified atom stereocenters. The summed E-state index contributed by atoms with van der Waals surface area (Å²) in [6, 6.07) is 16.4. The Bertz CT molecular complexity index is 1040. The highest BCUT2D eigenvalue weighted by Crippen LogP contribution is 2.25. The molecule has 0 spiro atoms. The van der Waals surface area contributed by atoms with Gasteiger partial charge in [0.05, 0.1) is 5.41 Å². The minimum Gasteiger partial charge on any atom is -0.366 e. The van der Waals surface area contributed by atoms with E-state index in [1.165, 1.54) is 27.9 Å². The third-order valence-electron chi connectivity index (χ3n) is 5.61. The highest BCUT2D eigenvalue weighted by Gasteiger charge is 2.32. The van der Waals surface area contributed by atoms with Crippen molar-refractivity contribution in [3.05, 3.63) is 77.5 Å². The van der Waals surface area contributed by atoms with E-state index in [1.54, 1.807) is 12.1 Å². The van der Waals surface area contributed by atoms with Gasteiger partial charge in [-0.25, -0.2) is 12.8 Å². The molecule has 0 aromatic heterocycles. The van der Waals surface area contributed by atoms with Gasteiger partial charge in [0.1, 0.15) is 5.82 Å². The van der Waals surface area contributed by atoms with Crippen molar-refractivity contribution in [2.45, 2.75) is 45.1 Å². The number of benzene rings is 2. The van der Waals surface area contributed by atoms with Gasteiger partial charge in [0.2, 0.25) is 10.0 Å². The van der Waals surface area contributed by atoms with Gasteiger partial charge < -0.3 is 4.90 Å². The summed E-state index contributed by atoms with van der Waals surface area (Å²) < 4.78 is 40.8. The molecule has 2 aromatic rings. The maximum absolute atomic E-state index is 13.4. The van der Waals surface area contributed by atoms with Crippen molar-refractivity contribution in [1.82, 2.24) is 4.31 Å². The van der Waals surface area contributed by atoms with Crippen molar-refractivity contribution >= 4 is 15.7 Å². The number of halogens is 1. The van der Waals surface area contributed by atoms with Gasteiger partial charge in [0.15, 0.2) is 0 Å². The minimum atomic E-state index is -3.55. The summed E-state index contributed by atoms with van der Waals surface area (Å²) in [5.41, 5.74) is 2.04. The SMILES string of the molecule is CCCCCC#C/C=C/S(=O)(=O)N1CCN(c2ccc(F)cc2)C(Cc2ccccc2)C1. The molecule has 170 valence electrons. The van der Waals surface area contributed by atoms with Gasteiger partial charge in [0.25, 0.3) is 0 Å². The van der Waals surface area contributed by atoms with Crippen LogP contribution in [0, 0.1) is 17.7 Å². The quantitative estimate of drug-likeness (QED) is 0.417. The lowest BCUT2D eigenvalue weighted by Crippen LogP contribution is -2.55. The summed E-state index contributed by atoms with van der Waals surface area (Å²) in [6.07, 6.45) is 6.24. The standard InChI is InChI=1S/C26H31FN2O2S/c1-2-3-4-5-6-7-11-20-32(30,31)28-18-19-29(25-16-14-24(27)15-17-25)26(22-28)21-23-12-9-8-10-13-23/h8-17,20,26H,2-5,18-19,21-22H2,1H3/b20-11+. The van der Waals surface area contributed by atoms with Crippen LogP contribution in [-0.4, -0.2) is 38.4 Å². The number of rotatable bonds is 8. The summed E-state index contributed by atoms with van der Waals surface area (Å²) in [4.78, 5) is 2.18. The van der Waals surface area contributed by atoms with E-state index in [-0.39, 0.29) is 11.9 Å². The van der Waals surface area contributed by atoms with Crippen LogP contribution in [0.2, 0.25) is 0 Å². The summed E-state index contributed by atoms with van der Waals surface area (Å²) in [7, 11) is -3.55. The molecule has 0 N–H and O–H groups in total. The van der Waals surface area contributed by atoms with E-state index in [0.29, 0.717) is 26.1 Å². The third kappa shape index (κ3) is 6.94. The van der Waals surface area contributed by atoms with Crippen LogP contribution in [0.3, 0.4) is 0 Å². The zero-order valence-corrected chi connectivity index (χ0v) is 19.4. The van der Waals surface area contributed by atoms with Crippen LogP contribution < -0.4 is 4.90 Å². The Balaban J connectivity index is 1.73. The number of allylic oxidation sites excluding steroid dienone is 1. The van der Waals surface area contributed by atoms with E-state index in [9.17, 15) is 12.8 Å². The third-order valence-corrected chi connectivity index (χ3v) is 7.14. The zero-order valence-electron chi connectivity index (χ0n) is 18.6. The zero-order chi connectivity index (χ0) is 22.8. The highest BCUT2D eigenvalue weighted by atomic mass is 32.2. The van der Waals surface area contributed by atoms with Crippen LogP contribution in [0.15, 0.2) is 66.1 Å². The fourth-order valence-corrected chi connectivity index (χ4v) is 5.02. The van der Waals surface area contributed by atoms with Crippen molar-refractivity contribution in [3.63, 3.8) is 0 Å². The average molecular weight is 455 g/mol. The Labute approximate surface area is 191 Å². The number of unbranched alkanes of at least 4 members (excludes halogenated alkanes) is 3. The molecule has 0 aliphatic carbocycles. The summed E-state index contributed by atoms with van der Waals surface area (Å²) >= 11 is 0. The molecular weight excluding hydrogens is 423 g/mol. The molecule has 1 saturated heterocycles. The van der Waals surface area contributed by atoms with Crippen LogP contribution in [0.4, 0.5) is 10.1 Å². The normalized spacial score (nSPS) is 17.3. The minimum absolute atomic E-state index is 0.0556. The molecule has 1 atom stereocenters. The molecule has 1 aliphatic heterocycles. The Morgan fingerprint density at radius 3 is 2.53 bits per heavy atom. The summed E-state index contributed by atoms with van der Waals surface area (Å²) in [5.74, 6) is 5.58. The van der Waals surface area contributed by atoms with Gasteiger partial charge in [-0.2, -0.15) is 4.31 Å². The number of nitrogens with zero attached hydrogens (tertiary/aromatic N) is 2. The molecule has 1 heterocycles. The van der Waals surface area contributed by atoms with E-state index >= 15 is 0 Å². The molecule has 1 fully saturated rings. The second-order valence-electron chi connectivity index (χ2n) is 8.00. The van der Waals surface area contributed by atoms with Crippen LogP contribution in [0.1, 0.15) is 38.2 Å². The van der Waals surface area contributed by atoms with Crippen LogP contribution in [0.5, 0.6) is 0 Å². The fraction of sp³-hybridized carbons (Fsp3) is 0.385. The summed E-state index contributed by atoms with van der Waals surface area (Å²) in [5, 5.41) is 1.22. The molecule has 0 saturated carbocycles. The van der Waals surface area contributed by atoms with Crippen molar-refractivity contribution in [3.8, 4) is 11.8 Å². The van der Waals surface area contributed by atoms with E-state index < -0.39 is 10.0 Å². The second kappa shape index (κ2) is 11.8. The molecule has 6 heteroatoms. The molecule has 4 nitrogen and oxygen atoms in total. The maximum Gasteiger partial charge on any atom is 0.236 e. The number of hydrogen-bond acceptors (Lipinski definition) is 3. The Morgan fingerprint density at radius 2 is 1.81 bits per heavy atom. The molecule has 0 amide bonds. The molecule has 32 heavy (non-hydrogen) atoms. The fourth-order valence-electron chi connectivity index (χ4n) is 3.89. The van der Waals surface area contributed by atoms with Crippen LogP contribution in [-0.2, 0) is 16.4 Å². The number of hydrogen-bond donors (Lipinski definition) is 0. The highest BCUT2D eigenvalue weighted by molar-refractivity contribution is 7.92. The predicted octanol–water partition coefficient (Wildman–Crippen LogP) is 4.99. The maximum atomic E-state index is 13.4. The van der Waals surface area contributed by atoms with Crippen molar-refractivity contribution in [2.75, 3.05) is 24.5 Å². The predicted molar refractivity (Wildman–Crippen MR) is 129 cm³/mol. The average Bonchev–Trinajstić information content (AvgIpc) is 2.80. The molecule has 0 radical (unpaired) electrons. The second-order valence-corrected chi connectivity index (χ2v) is 9.82. The smallest absolute Gasteiger partial charge is 0.236 e. The van der Waals surface area contributed by atoms with E-state index in [4.69, 9.17) is 0 Å². The molecule has 1 aliphatic rings. The lowest BCUT2D eigenvalue weighted by Gasteiger charge is -2.42. The van der Waals surface area contributed by atoms with Gasteiger partial charge in [-0.05, 0) is 42.7 Å². The Morgan fingerprint density at radius 1 is 1.06 bits per heavy atom. The first-order valence-electron chi connectivity index (χ1n) is 11.2. The van der Waals surface area contributed by atoms with Gasteiger partial charge >= 0.3 is 0 Å². The molecular formula is C26H31FN2O2S. The van der Waals surface area contributed by atoms with E-state index in [1.807, 2.05) is 30.3 Å². The van der Waals surface area contributed by atoms with Crippen LogP contribution in [0.25, 0.3) is 0 Å². The first kappa shape index (κ1) is 24.0. The number of sulfonamides is 1. The number of piperazine rings is 1. The largest absolute Gasteiger partial charge is 0.366 e. The Hall–Kier alpha value is -2.62. The van der Waals surface area contributed by atoms with Crippen molar-refractivity contribution in [1.29, 1.82) is 0 Å². The lowest BCUT2D eigenvalue weighted by molar-refractivity contribution is 0.334. The van der Waals surface area contributed by atoms with Gasteiger partial charge in [-0.3, -0.25) is 0 Å². The molecule has 2 aromatic carbocycles. The first-order chi connectivity index (χ1) is 15.5. The number of anilines is 1. The van der Waals surface area contributed by atoms with Crippen molar-refractivity contribution in [2.24, 2.45) is 0 Å². The monoisotopic (exact) mass is 454 g/mol. The van der Waals surface area contributed by atoms with Crippen LogP contribution >= 0.6 is 0 Å². The Kier molecular flexibility index (Phi) is 8.90. The lowest BCUT2D eigenvalue weighted by atomic mass is 10.0. The van der Waals surface area contributed by atoms with Gasteiger partial charge in [0, 0.05) is 43.9 Å². The molecule has 3 rings (SSSR count). The van der Waals surface area contributed by atoms with E-state index in [2.05, 4.69) is 23.7 Å². The molecule has 0 bridgehead atoms. The van der Waals surface area contributed by atoms with Gasteiger partial charge in [-0.1, -0.05) is 61.9 Å². The topological polar surface area (TPSA) is 40.6 Å². The summed E-state index contributed by atoms with van der Waals surface area (Å²) in [6.45, 7) is 3.42.